The number of hydrogen-bond acceptors (Lipinski definition) is 4. The summed E-state index contributed by atoms with van der Waals surface area (Å²) >= 11 is 1.38. The van der Waals surface area contributed by atoms with Crippen LogP contribution in [0.25, 0.3) is 0 Å². The minimum absolute atomic E-state index is 0.127. The number of carbonyl (C=O) groups excluding carboxylic acids is 2. The Balaban J connectivity index is 1.93. The van der Waals surface area contributed by atoms with Crippen molar-refractivity contribution in [2.24, 2.45) is 0 Å². The van der Waals surface area contributed by atoms with E-state index < -0.39 is 0 Å². The monoisotopic (exact) mass is 275 g/mol. The summed E-state index contributed by atoms with van der Waals surface area (Å²) in [4.78, 5) is 27.0. The molecule has 98 valence electrons. The maximum Gasteiger partial charge on any atom is 0.271 e. The fourth-order valence-electron chi connectivity index (χ4n) is 1.52. The van der Waals surface area contributed by atoms with Crippen molar-refractivity contribution in [2.45, 2.75) is 6.54 Å². The lowest BCUT2D eigenvalue weighted by Crippen LogP contribution is -2.23. The van der Waals surface area contributed by atoms with Gasteiger partial charge in [0.05, 0.1) is 5.51 Å². The second-order valence-electron chi connectivity index (χ2n) is 3.83. The Morgan fingerprint density at radius 2 is 1.95 bits per heavy atom. The van der Waals surface area contributed by atoms with E-state index in [9.17, 15) is 9.59 Å². The van der Waals surface area contributed by atoms with Crippen molar-refractivity contribution in [1.82, 2.24) is 15.6 Å². The molecule has 0 aliphatic carbocycles. The molecule has 19 heavy (non-hydrogen) atoms. The molecule has 0 atom stereocenters. The number of carbonyl (C=O) groups is 2. The van der Waals surface area contributed by atoms with Crippen LogP contribution in [0.4, 0.5) is 0 Å². The van der Waals surface area contributed by atoms with Crippen LogP contribution in [-0.2, 0) is 6.54 Å². The maximum atomic E-state index is 11.7. The average Bonchev–Trinajstić information content (AvgIpc) is 2.98. The highest BCUT2D eigenvalue weighted by Gasteiger charge is 2.07. The van der Waals surface area contributed by atoms with Gasteiger partial charge in [-0.15, -0.1) is 11.3 Å². The normalized spacial score (nSPS) is 9.95. The molecule has 2 rings (SSSR count). The van der Waals surface area contributed by atoms with Gasteiger partial charge in [-0.05, 0) is 17.7 Å². The van der Waals surface area contributed by atoms with Gasteiger partial charge in [0.2, 0.25) is 0 Å². The molecule has 2 N–H and O–H groups in total. The van der Waals surface area contributed by atoms with Crippen molar-refractivity contribution in [3.63, 3.8) is 0 Å². The molecule has 0 saturated carbocycles. The van der Waals surface area contributed by atoms with Crippen molar-refractivity contribution >= 4 is 23.2 Å². The molecule has 5 nitrogen and oxygen atoms in total. The highest BCUT2D eigenvalue weighted by molar-refractivity contribution is 7.07. The molecular formula is C13H13N3O2S. The number of benzene rings is 1. The fraction of sp³-hybridized carbons (Fsp3) is 0.154. The molecule has 6 heteroatoms. The van der Waals surface area contributed by atoms with Crippen LogP contribution in [-0.4, -0.2) is 23.8 Å². The zero-order chi connectivity index (χ0) is 13.7. The van der Waals surface area contributed by atoms with Crippen LogP contribution in [0.2, 0.25) is 0 Å². The van der Waals surface area contributed by atoms with Crippen molar-refractivity contribution in [3.8, 4) is 0 Å². The van der Waals surface area contributed by atoms with Crippen molar-refractivity contribution in [2.75, 3.05) is 7.05 Å². The maximum absolute atomic E-state index is 11.7. The zero-order valence-electron chi connectivity index (χ0n) is 10.3. The molecule has 1 heterocycles. The number of nitrogens with zero attached hydrogens (tertiary/aromatic N) is 1. The summed E-state index contributed by atoms with van der Waals surface area (Å²) < 4.78 is 0. The third kappa shape index (κ3) is 3.38. The molecule has 1 aromatic heterocycles. The minimum atomic E-state index is -0.198. The third-order valence-corrected chi connectivity index (χ3v) is 3.15. The summed E-state index contributed by atoms with van der Waals surface area (Å²) in [5.41, 5.74) is 3.56. The Kier molecular flexibility index (Phi) is 4.25. The first-order valence-corrected chi connectivity index (χ1v) is 6.62. The minimum Gasteiger partial charge on any atom is -0.355 e. The van der Waals surface area contributed by atoms with Gasteiger partial charge in [0.1, 0.15) is 5.69 Å². The molecule has 2 amide bonds. The van der Waals surface area contributed by atoms with Crippen molar-refractivity contribution in [3.05, 3.63) is 52.0 Å². The largest absolute Gasteiger partial charge is 0.355 e. The van der Waals surface area contributed by atoms with Crippen LogP contribution in [0.15, 0.2) is 35.2 Å². The van der Waals surface area contributed by atoms with Crippen molar-refractivity contribution < 1.29 is 9.59 Å². The van der Waals surface area contributed by atoms with Gasteiger partial charge >= 0.3 is 0 Å². The highest BCUT2D eigenvalue weighted by atomic mass is 32.1. The lowest BCUT2D eigenvalue weighted by atomic mass is 10.1. The van der Waals surface area contributed by atoms with Crippen LogP contribution >= 0.6 is 11.3 Å². The smallest absolute Gasteiger partial charge is 0.271 e. The lowest BCUT2D eigenvalue weighted by molar-refractivity contribution is 0.0942. The molecule has 0 spiro atoms. The molecule has 0 saturated heterocycles. The van der Waals surface area contributed by atoms with Gasteiger partial charge in [-0.25, -0.2) is 4.98 Å². The Morgan fingerprint density at radius 3 is 2.53 bits per heavy atom. The summed E-state index contributed by atoms with van der Waals surface area (Å²) in [6, 6.07) is 7.07. The van der Waals surface area contributed by atoms with Crippen LogP contribution < -0.4 is 10.6 Å². The van der Waals surface area contributed by atoms with Crippen LogP contribution in [0.5, 0.6) is 0 Å². The molecule has 0 unspecified atom stereocenters. The molecule has 1 aromatic carbocycles. The number of thiazole rings is 1. The second-order valence-corrected chi connectivity index (χ2v) is 4.55. The number of aromatic nitrogens is 1. The Morgan fingerprint density at radius 1 is 1.21 bits per heavy atom. The van der Waals surface area contributed by atoms with Crippen LogP contribution in [0.1, 0.15) is 26.4 Å². The summed E-state index contributed by atoms with van der Waals surface area (Å²) in [6.07, 6.45) is 0. The Hall–Kier alpha value is -2.21. The standard InChI is InChI=1S/C13H13N3O2S/c1-14-12(17)10-4-2-9(3-5-10)6-15-13(18)11-7-19-8-16-11/h2-5,7-8H,6H2,1H3,(H,14,17)(H,15,18). The highest BCUT2D eigenvalue weighted by Crippen LogP contribution is 2.05. The van der Waals surface area contributed by atoms with E-state index in [-0.39, 0.29) is 11.8 Å². The molecule has 2 aromatic rings. The van der Waals surface area contributed by atoms with E-state index in [0.717, 1.165) is 5.56 Å². The first kappa shape index (κ1) is 13.2. The van der Waals surface area contributed by atoms with Gasteiger partial charge in [-0.3, -0.25) is 9.59 Å². The summed E-state index contributed by atoms with van der Waals surface area (Å²) in [5, 5.41) is 7.02. The van der Waals surface area contributed by atoms with E-state index in [4.69, 9.17) is 0 Å². The van der Waals surface area contributed by atoms with E-state index in [1.54, 1.807) is 30.1 Å². The van der Waals surface area contributed by atoms with E-state index in [1.807, 2.05) is 12.1 Å². The van der Waals surface area contributed by atoms with E-state index in [2.05, 4.69) is 15.6 Å². The lowest BCUT2D eigenvalue weighted by Gasteiger charge is -2.05. The molecule has 0 aliphatic heterocycles. The predicted molar refractivity (Wildman–Crippen MR) is 73.1 cm³/mol. The summed E-state index contributed by atoms with van der Waals surface area (Å²) in [6.45, 7) is 0.407. The number of hydrogen-bond donors (Lipinski definition) is 2. The number of amides is 2. The third-order valence-electron chi connectivity index (χ3n) is 2.56. The average molecular weight is 275 g/mol. The quantitative estimate of drug-likeness (QED) is 0.886. The molecule has 0 radical (unpaired) electrons. The number of nitrogens with one attached hydrogen (secondary N) is 2. The Labute approximate surface area is 114 Å². The Bertz CT molecular complexity index is 564. The van der Waals surface area contributed by atoms with Crippen LogP contribution in [0, 0.1) is 0 Å². The SMILES string of the molecule is CNC(=O)c1ccc(CNC(=O)c2cscn2)cc1. The predicted octanol–water partition coefficient (Wildman–Crippen LogP) is 1.43. The summed E-state index contributed by atoms with van der Waals surface area (Å²) in [7, 11) is 1.59. The first-order chi connectivity index (χ1) is 9.20. The van der Waals surface area contributed by atoms with Gasteiger partial charge in [0.15, 0.2) is 0 Å². The summed E-state index contributed by atoms with van der Waals surface area (Å²) in [5.74, 6) is -0.324. The first-order valence-electron chi connectivity index (χ1n) is 5.68. The second kappa shape index (κ2) is 6.10. The fourth-order valence-corrected chi connectivity index (χ4v) is 2.05. The number of rotatable bonds is 4. The van der Waals surface area contributed by atoms with Gasteiger partial charge in [-0.2, -0.15) is 0 Å². The van der Waals surface area contributed by atoms with Gasteiger partial charge in [-0.1, -0.05) is 12.1 Å². The van der Waals surface area contributed by atoms with Crippen LogP contribution in [0.3, 0.4) is 0 Å². The van der Waals surface area contributed by atoms with Crippen molar-refractivity contribution in [1.29, 1.82) is 0 Å². The molecule has 0 aliphatic rings. The zero-order valence-corrected chi connectivity index (χ0v) is 11.2. The van der Waals surface area contributed by atoms with Gasteiger partial charge < -0.3 is 10.6 Å². The van der Waals surface area contributed by atoms with E-state index in [1.165, 1.54) is 11.3 Å². The molecule has 0 fully saturated rings. The topological polar surface area (TPSA) is 71.1 Å². The van der Waals surface area contributed by atoms with E-state index >= 15 is 0 Å². The molecule has 0 bridgehead atoms. The molecular weight excluding hydrogens is 262 g/mol. The van der Waals surface area contributed by atoms with E-state index in [0.29, 0.717) is 17.8 Å². The van der Waals surface area contributed by atoms with Gasteiger partial charge in [0, 0.05) is 24.5 Å². The van der Waals surface area contributed by atoms with Gasteiger partial charge in [0.25, 0.3) is 11.8 Å².